The number of carbonyl (C=O) groups excluding carboxylic acids is 1. The molecule has 3 heteroatoms. The summed E-state index contributed by atoms with van der Waals surface area (Å²) < 4.78 is 0. The van der Waals surface area contributed by atoms with E-state index in [0.29, 0.717) is 13.0 Å². The lowest BCUT2D eigenvalue weighted by atomic mass is 10.5. The fourth-order valence-electron chi connectivity index (χ4n) is 0.336. The van der Waals surface area contributed by atoms with E-state index in [0.717, 1.165) is 0 Å². The molecule has 0 aromatic rings. The standard InChI is InChI=1S/C3H5NO2/c5-3-1-2-4-6-3/h4H,1-2H2. The van der Waals surface area contributed by atoms with Gasteiger partial charge in [-0.2, -0.15) is 5.48 Å². The van der Waals surface area contributed by atoms with Crippen LogP contribution in [0.25, 0.3) is 0 Å². The zero-order valence-corrected chi connectivity index (χ0v) is 3.23. The Kier molecular flexibility index (Phi) is 0.759. The second-order valence-corrected chi connectivity index (χ2v) is 1.12. The van der Waals surface area contributed by atoms with Crippen LogP contribution in [0.15, 0.2) is 0 Å². The molecule has 0 saturated carbocycles. The van der Waals surface area contributed by atoms with Gasteiger partial charge in [0.15, 0.2) is 0 Å². The molecule has 1 N–H and O–H groups in total. The van der Waals surface area contributed by atoms with E-state index >= 15 is 0 Å². The summed E-state index contributed by atoms with van der Waals surface area (Å²) in [5.41, 5.74) is 2.42. The van der Waals surface area contributed by atoms with Crippen LogP contribution in [0.4, 0.5) is 0 Å². The first kappa shape index (κ1) is 3.61. The van der Waals surface area contributed by atoms with Gasteiger partial charge < -0.3 is 4.84 Å². The molecule has 0 aromatic carbocycles. The van der Waals surface area contributed by atoms with Gasteiger partial charge in [-0.1, -0.05) is 0 Å². The molecule has 0 spiro atoms. The quantitative estimate of drug-likeness (QED) is 0.430. The topological polar surface area (TPSA) is 38.3 Å². The van der Waals surface area contributed by atoms with Crippen LogP contribution in [0.3, 0.4) is 0 Å². The first-order valence-electron chi connectivity index (χ1n) is 1.82. The predicted octanol–water partition coefficient (Wildman–Crippen LogP) is -0.562. The molecular formula is C3H5NO2. The smallest absolute Gasteiger partial charge is 0.326 e. The van der Waals surface area contributed by atoms with Crippen molar-refractivity contribution in [3.05, 3.63) is 0 Å². The van der Waals surface area contributed by atoms with E-state index < -0.39 is 0 Å². The number of hydroxylamine groups is 1. The van der Waals surface area contributed by atoms with Gasteiger partial charge in [0.1, 0.15) is 0 Å². The van der Waals surface area contributed by atoms with Crippen molar-refractivity contribution in [1.82, 2.24) is 5.48 Å². The minimum atomic E-state index is -0.157. The average molecular weight is 87.1 g/mol. The molecule has 0 bridgehead atoms. The lowest BCUT2D eigenvalue weighted by molar-refractivity contribution is -0.142. The number of carbonyl (C=O) groups is 1. The van der Waals surface area contributed by atoms with Crippen LogP contribution in [-0.2, 0) is 9.63 Å². The second kappa shape index (κ2) is 1.26. The fourth-order valence-corrected chi connectivity index (χ4v) is 0.336. The Morgan fingerprint density at radius 3 is 2.83 bits per heavy atom. The third-order valence-corrected chi connectivity index (χ3v) is 0.617. The Hall–Kier alpha value is -0.570. The zero-order valence-electron chi connectivity index (χ0n) is 3.23. The number of hydrogen-bond acceptors (Lipinski definition) is 3. The van der Waals surface area contributed by atoms with Crippen LogP contribution in [0.5, 0.6) is 0 Å². The number of rotatable bonds is 0. The van der Waals surface area contributed by atoms with Crippen molar-refractivity contribution in [3.63, 3.8) is 0 Å². The van der Waals surface area contributed by atoms with Gasteiger partial charge in [0.25, 0.3) is 0 Å². The van der Waals surface area contributed by atoms with E-state index in [1.165, 1.54) is 0 Å². The maximum absolute atomic E-state index is 9.96. The summed E-state index contributed by atoms with van der Waals surface area (Å²) >= 11 is 0. The average Bonchev–Trinajstić information content (AvgIpc) is 1.86. The highest BCUT2D eigenvalue weighted by Gasteiger charge is 2.07. The Morgan fingerprint density at radius 1 is 1.83 bits per heavy atom. The van der Waals surface area contributed by atoms with E-state index in [4.69, 9.17) is 0 Å². The van der Waals surface area contributed by atoms with Gasteiger partial charge in [0.2, 0.25) is 0 Å². The molecule has 0 unspecified atom stereocenters. The molecule has 1 fully saturated rings. The molecule has 1 aliphatic rings. The molecule has 0 aliphatic carbocycles. The van der Waals surface area contributed by atoms with E-state index in [1.807, 2.05) is 0 Å². The zero-order chi connectivity index (χ0) is 4.41. The highest BCUT2D eigenvalue weighted by atomic mass is 16.7. The summed E-state index contributed by atoms with van der Waals surface area (Å²) in [5.74, 6) is -0.157. The maximum atomic E-state index is 9.96. The first-order valence-corrected chi connectivity index (χ1v) is 1.82. The molecule has 34 valence electrons. The van der Waals surface area contributed by atoms with Crippen molar-refractivity contribution in [1.29, 1.82) is 0 Å². The Morgan fingerprint density at radius 2 is 2.67 bits per heavy atom. The van der Waals surface area contributed by atoms with Gasteiger partial charge in [0, 0.05) is 6.54 Å². The molecule has 3 nitrogen and oxygen atoms in total. The van der Waals surface area contributed by atoms with Crippen molar-refractivity contribution >= 4 is 5.97 Å². The Balaban J connectivity index is 2.37. The van der Waals surface area contributed by atoms with E-state index in [-0.39, 0.29) is 5.97 Å². The van der Waals surface area contributed by atoms with Gasteiger partial charge in [-0.25, -0.2) is 0 Å². The largest absolute Gasteiger partial charge is 0.371 e. The summed E-state index contributed by atoms with van der Waals surface area (Å²) in [4.78, 5) is 14.2. The second-order valence-electron chi connectivity index (χ2n) is 1.12. The van der Waals surface area contributed by atoms with E-state index in [1.54, 1.807) is 0 Å². The molecule has 0 radical (unpaired) electrons. The Labute approximate surface area is 35.2 Å². The van der Waals surface area contributed by atoms with Crippen LogP contribution in [0.2, 0.25) is 0 Å². The van der Waals surface area contributed by atoms with Crippen molar-refractivity contribution in [2.24, 2.45) is 0 Å². The van der Waals surface area contributed by atoms with Crippen LogP contribution in [0, 0.1) is 0 Å². The van der Waals surface area contributed by atoms with Gasteiger partial charge in [0.05, 0.1) is 6.42 Å². The molecule has 1 heterocycles. The van der Waals surface area contributed by atoms with Crippen LogP contribution in [-0.4, -0.2) is 12.5 Å². The highest BCUT2D eigenvalue weighted by Crippen LogP contribution is 1.87. The van der Waals surface area contributed by atoms with Crippen LogP contribution < -0.4 is 5.48 Å². The minimum Gasteiger partial charge on any atom is -0.371 e. The van der Waals surface area contributed by atoms with Gasteiger partial charge in [-0.15, -0.1) is 0 Å². The molecule has 0 aromatic heterocycles. The van der Waals surface area contributed by atoms with Crippen LogP contribution in [0.1, 0.15) is 6.42 Å². The van der Waals surface area contributed by atoms with Crippen molar-refractivity contribution in [3.8, 4) is 0 Å². The SMILES string of the molecule is O=C1CCNO1. The van der Waals surface area contributed by atoms with Crippen LogP contribution >= 0.6 is 0 Å². The van der Waals surface area contributed by atoms with E-state index in [9.17, 15) is 4.79 Å². The first-order chi connectivity index (χ1) is 2.89. The molecule has 1 saturated heterocycles. The van der Waals surface area contributed by atoms with Crippen molar-refractivity contribution in [2.45, 2.75) is 6.42 Å². The van der Waals surface area contributed by atoms with Crippen molar-refractivity contribution < 1.29 is 9.63 Å². The lowest BCUT2D eigenvalue weighted by Crippen LogP contribution is -2.03. The lowest BCUT2D eigenvalue weighted by Gasteiger charge is -1.82. The van der Waals surface area contributed by atoms with Gasteiger partial charge >= 0.3 is 5.97 Å². The summed E-state index contributed by atoms with van der Waals surface area (Å²) in [6, 6.07) is 0. The minimum absolute atomic E-state index is 0.157. The fraction of sp³-hybridized carbons (Fsp3) is 0.667. The predicted molar refractivity (Wildman–Crippen MR) is 18.7 cm³/mol. The molecule has 0 atom stereocenters. The summed E-state index contributed by atoms with van der Waals surface area (Å²) in [5, 5.41) is 0. The summed E-state index contributed by atoms with van der Waals surface area (Å²) in [7, 11) is 0. The number of hydrogen-bond donors (Lipinski definition) is 1. The molecule has 6 heavy (non-hydrogen) atoms. The van der Waals surface area contributed by atoms with Gasteiger partial charge in [-0.3, -0.25) is 4.79 Å². The molecule has 1 aliphatic heterocycles. The highest BCUT2D eigenvalue weighted by molar-refractivity contribution is 5.70. The molecule has 0 amide bonds. The number of nitrogens with one attached hydrogen (secondary N) is 1. The third kappa shape index (κ3) is 0.490. The van der Waals surface area contributed by atoms with E-state index in [2.05, 4.69) is 10.3 Å². The third-order valence-electron chi connectivity index (χ3n) is 0.617. The molecular weight excluding hydrogens is 82.0 g/mol. The maximum Gasteiger partial charge on any atom is 0.326 e. The normalized spacial score (nSPS) is 21.0. The monoisotopic (exact) mass is 87.0 g/mol. The molecule has 1 rings (SSSR count). The van der Waals surface area contributed by atoms with Gasteiger partial charge in [-0.05, 0) is 0 Å². The Bertz CT molecular complexity index is 63.2. The van der Waals surface area contributed by atoms with Crippen molar-refractivity contribution in [2.75, 3.05) is 6.54 Å². The summed E-state index contributed by atoms with van der Waals surface area (Å²) in [6.45, 7) is 0.666. The summed E-state index contributed by atoms with van der Waals surface area (Å²) in [6.07, 6.45) is 0.514.